The normalized spacial score (nSPS) is 17.2. The second kappa shape index (κ2) is 10.0. The zero-order valence-electron chi connectivity index (χ0n) is 19.5. The molecule has 1 fully saturated rings. The van der Waals surface area contributed by atoms with Crippen molar-refractivity contribution < 1.29 is 14.3 Å². The molecule has 1 aliphatic carbocycles. The van der Waals surface area contributed by atoms with Crippen molar-refractivity contribution in [1.29, 1.82) is 0 Å². The summed E-state index contributed by atoms with van der Waals surface area (Å²) in [5, 5.41) is 2.09. The van der Waals surface area contributed by atoms with Gasteiger partial charge in [0.05, 0.1) is 6.04 Å². The Labute approximate surface area is 205 Å². The maximum absolute atomic E-state index is 13.6. The molecule has 0 unspecified atom stereocenters. The van der Waals surface area contributed by atoms with E-state index in [2.05, 4.69) is 11.4 Å². The topological polar surface area (TPSA) is 49.9 Å². The average molecular weight is 475 g/mol. The van der Waals surface area contributed by atoms with Crippen LogP contribution in [0.2, 0.25) is 0 Å². The van der Waals surface area contributed by atoms with Gasteiger partial charge in [0.2, 0.25) is 5.91 Å². The molecule has 0 spiro atoms. The largest absolute Gasteiger partial charge is 0.491 e. The van der Waals surface area contributed by atoms with Gasteiger partial charge in [0.15, 0.2) is 0 Å². The monoisotopic (exact) mass is 474 g/mol. The van der Waals surface area contributed by atoms with E-state index in [0.717, 1.165) is 25.0 Å². The van der Waals surface area contributed by atoms with Gasteiger partial charge >= 0.3 is 0 Å². The lowest BCUT2D eigenvalue weighted by atomic mass is 10.00. The Balaban J connectivity index is 1.33. The Kier molecular flexibility index (Phi) is 6.68. The first-order chi connectivity index (χ1) is 16.6. The Morgan fingerprint density at radius 2 is 1.82 bits per heavy atom. The molecule has 2 aromatic carbocycles. The van der Waals surface area contributed by atoms with E-state index < -0.39 is 0 Å². The molecule has 1 aliphatic heterocycles. The molecule has 0 saturated heterocycles. The molecule has 5 rings (SSSR count). The maximum Gasteiger partial charge on any atom is 0.254 e. The molecule has 0 N–H and O–H groups in total. The van der Waals surface area contributed by atoms with Crippen molar-refractivity contribution >= 4 is 23.2 Å². The molecule has 2 heterocycles. The van der Waals surface area contributed by atoms with Crippen molar-refractivity contribution in [2.24, 2.45) is 5.92 Å². The third-order valence-electron chi connectivity index (χ3n) is 6.65. The molecular weight excluding hydrogens is 444 g/mol. The number of thiophene rings is 1. The summed E-state index contributed by atoms with van der Waals surface area (Å²) in [7, 11) is 0. The predicted molar refractivity (Wildman–Crippen MR) is 134 cm³/mol. The molecule has 0 radical (unpaired) electrons. The number of ether oxygens (including phenoxy) is 1. The van der Waals surface area contributed by atoms with Gasteiger partial charge in [0.25, 0.3) is 5.91 Å². The Morgan fingerprint density at radius 1 is 1.06 bits per heavy atom. The molecule has 1 saturated carbocycles. The first-order valence-corrected chi connectivity index (χ1v) is 12.9. The van der Waals surface area contributed by atoms with E-state index in [-0.39, 0.29) is 24.4 Å². The highest BCUT2D eigenvalue weighted by Gasteiger charge is 2.35. The van der Waals surface area contributed by atoms with Crippen LogP contribution in [0, 0.1) is 12.8 Å². The highest BCUT2D eigenvalue weighted by molar-refractivity contribution is 7.10. The van der Waals surface area contributed by atoms with E-state index in [1.807, 2.05) is 66.4 Å². The van der Waals surface area contributed by atoms with Gasteiger partial charge in [0.1, 0.15) is 18.9 Å². The van der Waals surface area contributed by atoms with E-state index in [1.165, 1.54) is 16.0 Å². The van der Waals surface area contributed by atoms with Crippen LogP contribution in [-0.2, 0) is 11.2 Å². The van der Waals surface area contributed by atoms with Crippen LogP contribution in [0.5, 0.6) is 5.75 Å². The number of nitrogens with zero attached hydrogens (tertiary/aromatic N) is 2. The minimum Gasteiger partial charge on any atom is -0.491 e. The van der Waals surface area contributed by atoms with Gasteiger partial charge in [-0.2, -0.15) is 0 Å². The number of fused-ring (bicyclic) bond motifs is 1. The SMILES string of the molecule is Cc1ccc(OC[C@H]2c3ccsc3CCN2C(=O)CN(CC2CC2)C(=O)c2ccccc2)cc1. The second-order valence-corrected chi connectivity index (χ2v) is 10.3. The summed E-state index contributed by atoms with van der Waals surface area (Å²) in [6, 6.07) is 19.2. The van der Waals surface area contributed by atoms with Gasteiger partial charge in [-0.15, -0.1) is 11.3 Å². The van der Waals surface area contributed by atoms with Crippen LogP contribution in [-0.4, -0.2) is 47.9 Å². The van der Waals surface area contributed by atoms with Gasteiger partial charge in [-0.3, -0.25) is 9.59 Å². The maximum atomic E-state index is 13.6. The van der Waals surface area contributed by atoms with Crippen molar-refractivity contribution in [2.45, 2.75) is 32.2 Å². The van der Waals surface area contributed by atoms with Crippen LogP contribution in [0.25, 0.3) is 0 Å². The Morgan fingerprint density at radius 3 is 2.56 bits per heavy atom. The fraction of sp³-hybridized carbons (Fsp3) is 0.357. The minimum atomic E-state index is -0.154. The third kappa shape index (κ3) is 5.17. The number of benzene rings is 2. The highest BCUT2D eigenvalue weighted by atomic mass is 32.1. The third-order valence-corrected chi connectivity index (χ3v) is 7.65. The van der Waals surface area contributed by atoms with Crippen molar-refractivity contribution in [2.75, 3.05) is 26.2 Å². The summed E-state index contributed by atoms with van der Waals surface area (Å²) >= 11 is 1.74. The summed E-state index contributed by atoms with van der Waals surface area (Å²) < 4.78 is 6.13. The summed E-state index contributed by atoms with van der Waals surface area (Å²) in [5.74, 6) is 1.22. The minimum absolute atomic E-state index is 0.0145. The fourth-order valence-corrected chi connectivity index (χ4v) is 5.46. The van der Waals surface area contributed by atoms with Crippen molar-refractivity contribution in [1.82, 2.24) is 9.80 Å². The smallest absolute Gasteiger partial charge is 0.254 e. The first kappa shape index (κ1) is 22.7. The van der Waals surface area contributed by atoms with Crippen LogP contribution in [0.1, 0.15) is 45.2 Å². The quantitative estimate of drug-likeness (QED) is 0.456. The molecule has 1 atom stereocenters. The van der Waals surface area contributed by atoms with Gasteiger partial charge in [-0.1, -0.05) is 35.9 Å². The highest BCUT2D eigenvalue weighted by Crippen LogP contribution is 2.35. The van der Waals surface area contributed by atoms with E-state index in [1.54, 1.807) is 16.2 Å². The molecule has 2 aliphatic rings. The van der Waals surface area contributed by atoms with Crippen LogP contribution >= 0.6 is 11.3 Å². The first-order valence-electron chi connectivity index (χ1n) is 12.0. The number of carbonyl (C=O) groups excluding carboxylic acids is 2. The zero-order valence-corrected chi connectivity index (χ0v) is 20.3. The lowest BCUT2D eigenvalue weighted by molar-refractivity contribution is -0.135. The number of rotatable bonds is 8. The molecule has 3 aromatic rings. The standard InChI is InChI=1S/C28H30N2O3S/c1-20-7-11-23(12-8-20)33-19-25-24-14-16-34-26(24)13-15-30(25)27(31)18-29(17-21-9-10-21)28(32)22-5-3-2-4-6-22/h2-8,11-12,14,16,21,25H,9-10,13,15,17-19H2,1H3/t25-/m0/s1. The number of aryl methyl sites for hydroxylation is 1. The summed E-state index contributed by atoms with van der Waals surface area (Å²) in [6.45, 7) is 3.83. The van der Waals surface area contributed by atoms with E-state index >= 15 is 0 Å². The lowest BCUT2D eigenvalue weighted by Gasteiger charge is -2.37. The number of hydrogen-bond acceptors (Lipinski definition) is 4. The summed E-state index contributed by atoms with van der Waals surface area (Å²) in [5.41, 5.74) is 2.98. The Hall–Kier alpha value is -3.12. The summed E-state index contributed by atoms with van der Waals surface area (Å²) in [6.07, 6.45) is 3.10. The van der Waals surface area contributed by atoms with Crippen LogP contribution in [0.3, 0.4) is 0 Å². The number of amides is 2. The van der Waals surface area contributed by atoms with E-state index in [4.69, 9.17) is 4.74 Å². The second-order valence-electron chi connectivity index (χ2n) is 9.27. The van der Waals surface area contributed by atoms with E-state index in [0.29, 0.717) is 31.2 Å². The molecule has 176 valence electrons. The molecular formula is C28H30N2O3S. The van der Waals surface area contributed by atoms with Gasteiger partial charge < -0.3 is 14.5 Å². The number of hydrogen-bond donors (Lipinski definition) is 0. The molecule has 1 aromatic heterocycles. The molecule has 6 heteroatoms. The Bertz CT molecular complexity index is 1140. The van der Waals surface area contributed by atoms with Crippen LogP contribution in [0.4, 0.5) is 0 Å². The van der Waals surface area contributed by atoms with Gasteiger partial charge in [-0.05, 0) is 73.4 Å². The predicted octanol–water partition coefficient (Wildman–Crippen LogP) is 5.11. The molecule has 5 nitrogen and oxygen atoms in total. The molecule has 34 heavy (non-hydrogen) atoms. The van der Waals surface area contributed by atoms with Gasteiger partial charge in [0, 0.05) is 23.5 Å². The average Bonchev–Trinajstić information content (AvgIpc) is 3.55. The van der Waals surface area contributed by atoms with Gasteiger partial charge in [-0.25, -0.2) is 0 Å². The lowest BCUT2D eigenvalue weighted by Crippen LogP contribution is -2.48. The number of carbonyl (C=O) groups is 2. The van der Waals surface area contributed by atoms with Crippen LogP contribution in [0.15, 0.2) is 66.0 Å². The fourth-order valence-electron chi connectivity index (χ4n) is 4.53. The molecule has 0 bridgehead atoms. The molecule has 2 amide bonds. The van der Waals surface area contributed by atoms with Crippen LogP contribution < -0.4 is 4.74 Å². The van der Waals surface area contributed by atoms with Crippen molar-refractivity contribution in [3.05, 3.63) is 87.6 Å². The van der Waals surface area contributed by atoms with Crippen molar-refractivity contribution in [3.63, 3.8) is 0 Å². The van der Waals surface area contributed by atoms with E-state index in [9.17, 15) is 9.59 Å². The van der Waals surface area contributed by atoms with Crippen molar-refractivity contribution in [3.8, 4) is 5.75 Å². The summed E-state index contributed by atoms with van der Waals surface area (Å²) in [4.78, 5) is 31.8. The zero-order chi connectivity index (χ0) is 23.5.